The lowest BCUT2D eigenvalue weighted by Gasteiger charge is -2.48. The molecule has 4 atom stereocenters. The molecule has 0 aromatic heterocycles. The topological polar surface area (TPSA) is 57.6 Å². The van der Waals surface area contributed by atoms with Crippen LogP contribution in [0.2, 0.25) is 0 Å². The summed E-state index contributed by atoms with van der Waals surface area (Å²) in [6.45, 7) is 0.515. The quantitative estimate of drug-likeness (QED) is 0.629. The Morgan fingerprint density at radius 3 is 2.19 bits per heavy atom. The molecule has 0 aliphatic carbocycles. The molecule has 2 aliphatic heterocycles. The zero-order valence-electron chi connectivity index (χ0n) is 17.6. The standard InChI is InChI=1S/C26H26FNO3S/c27-21-13-11-20(12-14-21)26-17-24(32(30,31)22-9-5-2-6-10-22)23(15-16-25(26)29)28(26)18-19-7-3-1-4-8-19/h1-14,23-25,29H,15-18H2/t23-,24+,25+,26+/m0/s1. The van der Waals surface area contributed by atoms with Crippen LogP contribution in [-0.4, -0.2) is 35.8 Å². The zero-order valence-corrected chi connectivity index (χ0v) is 18.5. The maximum atomic E-state index is 13.7. The minimum atomic E-state index is -3.62. The summed E-state index contributed by atoms with van der Waals surface area (Å²) in [5.74, 6) is -0.354. The van der Waals surface area contributed by atoms with Crippen molar-refractivity contribution in [3.63, 3.8) is 0 Å². The van der Waals surface area contributed by atoms with E-state index >= 15 is 0 Å². The molecule has 0 radical (unpaired) electrons. The molecule has 6 heteroatoms. The minimum Gasteiger partial charge on any atom is -0.391 e. The fraction of sp³-hybridized carbons (Fsp3) is 0.308. The predicted molar refractivity (Wildman–Crippen MR) is 121 cm³/mol. The SMILES string of the molecule is O=S(=O)(c1ccccc1)[C@@H]1C[C@@]2(c3ccc(F)cc3)[C@H](O)CC[C@@H]1N2Cc1ccccc1. The highest BCUT2D eigenvalue weighted by Gasteiger charge is 2.61. The van der Waals surface area contributed by atoms with E-state index in [4.69, 9.17) is 0 Å². The normalized spacial score (nSPS) is 28.0. The van der Waals surface area contributed by atoms with Crippen LogP contribution < -0.4 is 0 Å². The highest BCUT2D eigenvalue weighted by atomic mass is 32.2. The monoisotopic (exact) mass is 451 g/mol. The molecular weight excluding hydrogens is 425 g/mol. The molecule has 3 aromatic rings. The van der Waals surface area contributed by atoms with Crippen LogP contribution >= 0.6 is 0 Å². The summed E-state index contributed by atoms with van der Waals surface area (Å²) in [4.78, 5) is 2.47. The largest absolute Gasteiger partial charge is 0.391 e. The number of aliphatic hydroxyl groups excluding tert-OH is 1. The third-order valence-corrected chi connectivity index (χ3v) is 9.36. The first kappa shape index (κ1) is 21.3. The molecule has 0 unspecified atom stereocenters. The van der Waals surface area contributed by atoms with Gasteiger partial charge in [0.05, 0.1) is 21.8 Å². The van der Waals surface area contributed by atoms with Crippen LogP contribution in [0.1, 0.15) is 30.4 Å². The van der Waals surface area contributed by atoms with Crippen molar-refractivity contribution < 1.29 is 17.9 Å². The lowest BCUT2D eigenvalue weighted by atomic mass is 9.79. The van der Waals surface area contributed by atoms with Crippen molar-refractivity contribution in [1.29, 1.82) is 0 Å². The van der Waals surface area contributed by atoms with Gasteiger partial charge in [0.1, 0.15) is 5.82 Å². The first-order valence-electron chi connectivity index (χ1n) is 11.0. The number of fused-ring (bicyclic) bond motifs is 2. The third kappa shape index (κ3) is 3.38. The van der Waals surface area contributed by atoms with Crippen LogP contribution in [-0.2, 0) is 21.9 Å². The number of hydrogen-bond acceptors (Lipinski definition) is 4. The molecule has 2 heterocycles. The number of piperidine rings is 1. The fourth-order valence-corrected chi connectivity index (χ4v) is 7.70. The molecule has 2 aliphatic rings. The van der Waals surface area contributed by atoms with Crippen molar-refractivity contribution >= 4 is 9.84 Å². The zero-order chi connectivity index (χ0) is 22.3. The number of sulfone groups is 1. The summed E-state index contributed by atoms with van der Waals surface area (Å²) in [6, 6.07) is 24.4. The smallest absolute Gasteiger partial charge is 0.182 e. The summed E-state index contributed by atoms with van der Waals surface area (Å²) in [6.07, 6.45) is 0.625. The van der Waals surface area contributed by atoms with E-state index in [1.165, 1.54) is 12.1 Å². The number of benzene rings is 3. The summed E-state index contributed by atoms with van der Waals surface area (Å²) in [7, 11) is -3.62. The Balaban J connectivity index is 1.65. The van der Waals surface area contributed by atoms with Gasteiger partial charge in [0, 0.05) is 12.6 Å². The van der Waals surface area contributed by atoms with Crippen LogP contribution in [0.3, 0.4) is 0 Å². The molecule has 0 amide bonds. The molecule has 1 N–H and O–H groups in total. The second-order valence-electron chi connectivity index (χ2n) is 8.81. The van der Waals surface area contributed by atoms with Crippen LogP contribution in [0.15, 0.2) is 89.8 Å². The Bertz CT molecular complexity index is 1180. The first-order valence-corrected chi connectivity index (χ1v) is 12.5. The van der Waals surface area contributed by atoms with Crippen LogP contribution in [0.25, 0.3) is 0 Å². The predicted octanol–water partition coefficient (Wildman–Crippen LogP) is 4.29. The first-order chi connectivity index (χ1) is 15.4. The molecule has 2 saturated heterocycles. The van der Waals surface area contributed by atoms with Crippen LogP contribution in [0.5, 0.6) is 0 Å². The van der Waals surface area contributed by atoms with E-state index < -0.39 is 26.7 Å². The Kier molecular flexibility index (Phi) is 5.40. The van der Waals surface area contributed by atoms with Crippen LogP contribution in [0.4, 0.5) is 4.39 Å². The molecule has 32 heavy (non-hydrogen) atoms. The fourth-order valence-electron chi connectivity index (χ4n) is 5.65. The molecule has 3 aromatic carbocycles. The average molecular weight is 452 g/mol. The van der Waals surface area contributed by atoms with Gasteiger partial charge in [-0.25, -0.2) is 12.8 Å². The van der Waals surface area contributed by atoms with Gasteiger partial charge in [-0.05, 0) is 54.7 Å². The Morgan fingerprint density at radius 1 is 0.906 bits per heavy atom. The van der Waals surface area contributed by atoms with Gasteiger partial charge in [-0.1, -0.05) is 60.7 Å². The molecule has 4 nitrogen and oxygen atoms in total. The average Bonchev–Trinajstić information content (AvgIpc) is 3.05. The molecule has 0 spiro atoms. The molecular formula is C26H26FNO3S. The molecule has 0 saturated carbocycles. The minimum absolute atomic E-state index is 0.242. The Morgan fingerprint density at radius 2 is 1.53 bits per heavy atom. The van der Waals surface area contributed by atoms with Crippen molar-refractivity contribution in [2.75, 3.05) is 0 Å². The van der Waals surface area contributed by atoms with Gasteiger partial charge in [-0.15, -0.1) is 0 Å². The summed E-state index contributed by atoms with van der Waals surface area (Å²) in [5.41, 5.74) is 0.924. The second-order valence-corrected chi connectivity index (χ2v) is 11.0. The summed E-state index contributed by atoms with van der Waals surface area (Å²) < 4.78 is 41.2. The van der Waals surface area contributed by atoms with Gasteiger partial charge in [0.25, 0.3) is 0 Å². The van der Waals surface area contributed by atoms with Crippen molar-refractivity contribution in [3.8, 4) is 0 Å². The number of rotatable bonds is 5. The molecule has 2 fully saturated rings. The van der Waals surface area contributed by atoms with E-state index in [1.807, 2.05) is 30.3 Å². The van der Waals surface area contributed by atoms with E-state index in [1.54, 1.807) is 42.5 Å². The second kappa shape index (κ2) is 8.10. The summed E-state index contributed by atoms with van der Waals surface area (Å²) >= 11 is 0. The number of halogens is 1. The van der Waals surface area contributed by atoms with Crippen molar-refractivity contribution in [2.45, 2.75) is 53.6 Å². The van der Waals surface area contributed by atoms with Gasteiger partial charge in [0.15, 0.2) is 9.84 Å². The highest BCUT2D eigenvalue weighted by Crippen LogP contribution is 2.54. The van der Waals surface area contributed by atoms with Crippen molar-refractivity contribution in [1.82, 2.24) is 4.90 Å². The van der Waals surface area contributed by atoms with Gasteiger partial charge < -0.3 is 5.11 Å². The van der Waals surface area contributed by atoms with Crippen molar-refractivity contribution in [2.24, 2.45) is 0 Å². The Hall–Kier alpha value is -2.54. The number of nitrogens with zero attached hydrogens (tertiary/aromatic N) is 1. The summed E-state index contributed by atoms with van der Waals surface area (Å²) in [5, 5.41) is 10.7. The van der Waals surface area contributed by atoms with E-state index in [2.05, 4.69) is 4.90 Å². The van der Waals surface area contributed by atoms with E-state index in [0.29, 0.717) is 24.3 Å². The highest BCUT2D eigenvalue weighted by molar-refractivity contribution is 7.92. The van der Waals surface area contributed by atoms with Gasteiger partial charge in [-0.2, -0.15) is 0 Å². The van der Waals surface area contributed by atoms with E-state index in [9.17, 15) is 17.9 Å². The van der Waals surface area contributed by atoms with E-state index in [0.717, 1.165) is 11.1 Å². The molecule has 166 valence electrons. The van der Waals surface area contributed by atoms with Gasteiger partial charge in [0.2, 0.25) is 0 Å². The lowest BCUT2D eigenvalue weighted by Crippen LogP contribution is -2.56. The lowest BCUT2D eigenvalue weighted by molar-refractivity contribution is -0.0666. The van der Waals surface area contributed by atoms with Gasteiger partial charge in [-0.3, -0.25) is 4.90 Å². The van der Waals surface area contributed by atoms with Crippen molar-refractivity contribution in [3.05, 3.63) is 102 Å². The molecule has 2 bridgehead atoms. The van der Waals surface area contributed by atoms with E-state index in [-0.39, 0.29) is 18.3 Å². The maximum absolute atomic E-state index is 13.7. The molecule has 5 rings (SSSR count). The van der Waals surface area contributed by atoms with Gasteiger partial charge >= 0.3 is 0 Å². The third-order valence-electron chi connectivity index (χ3n) is 7.15. The number of aliphatic hydroxyl groups is 1. The Labute approximate surface area is 188 Å². The van der Waals surface area contributed by atoms with Crippen LogP contribution in [0, 0.1) is 5.82 Å². The number of hydrogen-bond donors (Lipinski definition) is 1. The maximum Gasteiger partial charge on any atom is 0.182 e.